The molecule has 0 radical (unpaired) electrons. The van der Waals surface area contributed by atoms with E-state index in [1.807, 2.05) is 42.5 Å². The zero-order chi connectivity index (χ0) is 21.1. The van der Waals surface area contributed by atoms with E-state index in [2.05, 4.69) is 24.1 Å². The third-order valence-electron chi connectivity index (χ3n) is 4.68. The third kappa shape index (κ3) is 4.47. The van der Waals surface area contributed by atoms with Crippen LogP contribution in [0.15, 0.2) is 71.1 Å². The van der Waals surface area contributed by atoms with Crippen molar-refractivity contribution in [2.24, 2.45) is 0 Å². The smallest absolute Gasteiger partial charge is 0.262 e. The second-order valence-corrected chi connectivity index (χ2v) is 7.65. The summed E-state index contributed by atoms with van der Waals surface area (Å²) in [4.78, 5) is 16.9. The lowest BCUT2D eigenvalue weighted by molar-refractivity contribution is -0.118. The topological polar surface area (TPSA) is 64.4 Å². The molecule has 1 heterocycles. The lowest BCUT2D eigenvalue weighted by atomic mass is 10.0. The number of anilines is 1. The first-order valence-electron chi connectivity index (χ1n) is 9.68. The molecule has 0 fully saturated rings. The number of hydrogen-bond acceptors (Lipinski definition) is 4. The fraction of sp³-hybridized carbons (Fsp3) is 0.167. The van der Waals surface area contributed by atoms with Gasteiger partial charge in [0.15, 0.2) is 12.2 Å². The normalized spacial score (nSPS) is 11.1. The molecular weight excluding hydrogens is 400 g/mol. The predicted octanol–water partition coefficient (Wildman–Crippen LogP) is 6.29. The molecule has 152 valence electrons. The molecule has 0 aliphatic rings. The summed E-state index contributed by atoms with van der Waals surface area (Å²) in [5.74, 6) is 1.19. The number of amides is 1. The van der Waals surface area contributed by atoms with Crippen LogP contribution in [0.2, 0.25) is 5.02 Å². The molecule has 0 saturated heterocycles. The molecule has 3 aromatic carbocycles. The summed E-state index contributed by atoms with van der Waals surface area (Å²) >= 11 is 6.27. The highest BCUT2D eigenvalue weighted by atomic mass is 35.5. The number of halogens is 1. The molecule has 30 heavy (non-hydrogen) atoms. The summed E-state index contributed by atoms with van der Waals surface area (Å²) in [5.41, 5.74) is 3.91. The Kier molecular flexibility index (Phi) is 5.72. The van der Waals surface area contributed by atoms with Crippen LogP contribution in [0.25, 0.3) is 22.6 Å². The molecule has 4 aromatic rings. The number of carbonyl (C=O) groups is 1. The highest BCUT2D eigenvalue weighted by Crippen LogP contribution is 2.31. The molecule has 0 spiro atoms. The third-order valence-corrected chi connectivity index (χ3v) is 5.01. The van der Waals surface area contributed by atoms with Gasteiger partial charge >= 0.3 is 0 Å². The lowest BCUT2D eigenvalue weighted by Crippen LogP contribution is -2.20. The molecule has 4 rings (SSSR count). The summed E-state index contributed by atoms with van der Waals surface area (Å²) in [6.07, 6.45) is 0. The van der Waals surface area contributed by atoms with E-state index in [1.54, 1.807) is 24.3 Å². The number of aromatic nitrogens is 1. The maximum absolute atomic E-state index is 12.3. The van der Waals surface area contributed by atoms with Crippen molar-refractivity contribution in [2.45, 2.75) is 19.8 Å². The minimum atomic E-state index is -0.308. The second-order valence-electron chi connectivity index (χ2n) is 7.25. The van der Waals surface area contributed by atoms with E-state index in [1.165, 1.54) is 5.56 Å². The van der Waals surface area contributed by atoms with Crippen molar-refractivity contribution in [3.63, 3.8) is 0 Å². The average molecular weight is 421 g/mol. The fourth-order valence-corrected chi connectivity index (χ4v) is 3.20. The van der Waals surface area contributed by atoms with Crippen LogP contribution in [-0.2, 0) is 4.79 Å². The maximum atomic E-state index is 12.3. The molecule has 1 N–H and O–H groups in total. The lowest BCUT2D eigenvalue weighted by Gasteiger charge is -2.09. The molecule has 0 aliphatic carbocycles. The van der Waals surface area contributed by atoms with E-state index in [-0.39, 0.29) is 12.5 Å². The number of carbonyl (C=O) groups excluding carboxylic acids is 1. The van der Waals surface area contributed by atoms with Crippen molar-refractivity contribution < 1.29 is 13.9 Å². The molecule has 0 bridgehead atoms. The van der Waals surface area contributed by atoms with Gasteiger partial charge in [0.1, 0.15) is 11.3 Å². The standard InChI is InChI=1S/C24H21ClN2O3/c1-15(2)16-9-11-22-21(12-16)27-24(30-22)17-8-10-19(25)20(13-17)26-23(28)14-29-18-6-4-3-5-7-18/h3-13,15H,14H2,1-2H3,(H,26,28). The van der Waals surface area contributed by atoms with Gasteiger partial charge in [-0.25, -0.2) is 4.98 Å². The Morgan fingerprint density at radius 1 is 1.10 bits per heavy atom. The van der Waals surface area contributed by atoms with Gasteiger partial charge in [-0.3, -0.25) is 4.79 Å². The zero-order valence-electron chi connectivity index (χ0n) is 16.7. The van der Waals surface area contributed by atoms with Crippen molar-refractivity contribution in [2.75, 3.05) is 11.9 Å². The molecule has 1 amide bonds. The summed E-state index contributed by atoms with van der Waals surface area (Å²) in [6, 6.07) is 20.4. The van der Waals surface area contributed by atoms with Crippen molar-refractivity contribution in [3.8, 4) is 17.2 Å². The minimum Gasteiger partial charge on any atom is -0.484 e. The molecule has 0 atom stereocenters. The number of benzene rings is 3. The van der Waals surface area contributed by atoms with Crippen molar-refractivity contribution in [1.82, 2.24) is 4.98 Å². The Balaban J connectivity index is 1.52. The molecule has 0 aliphatic heterocycles. The molecule has 6 heteroatoms. The maximum Gasteiger partial charge on any atom is 0.262 e. The first kappa shape index (κ1) is 20.0. The van der Waals surface area contributed by atoms with E-state index in [9.17, 15) is 4.79 Å². The molecular formula is C24H21ClN2O3. The van der Waals surface area contributed by atoms with Gasteiger partial charge in [-0.15, -0.1) is 0 Å². The van der Waals surface area contributed by atoms with Gasteiger partial charge in [0.05, 0.1) is 10.7 Å². The van der Waals surface area contributed by atoms with Crippen molar-refractivity contribution >= 4 is 34.3 Å². The van der Waals surface area contributed by atoms with Crippen LogP contribution in [0.1, 0.15) is 25.3 Å². The zero-order valence-corrected chi connectivity index (χ0v) is 17.4. The van der Waals surface area contributed by atoms with Gasteiger partial charge in [-0.2, -0.15) is 0 Å². The molecule has 0 unspecified atom stereocenters. The highest BCUT2D eigenvalue weighted by molar-refractivity contribution is 6.33. The fourth-order valence-electron chi connectivity index (χ4n) is 3.03. The first-order valence-corrected chi connectivity index (χ1v) is 10.1. The monoisotopic (exact) mass is 420 g/mol. The molecule has 1 aromatic heterocycles. The second kappa shape index (κ2) is 8.59. The summed E-state index contributed by atoms with van der Waals surface area (Å²) in [7, 11) is 0. The Hall–Kier alpha value is -3.31. The van der Waals surface area contributed by atoms with Crippen molar-refractivity contribution in [3.05, 3.63) is 77.3 Å². The van der Waals surface area contributed by atoms with Crippen molar-refractivity contribution in [1.29, 1.82) is 0 Å². The van der Waals surface area contributed by atoms with Gasteiger partial charge < -0.3 is 14.5 Å². The van der Waals surface area contributed by atoms with Crippen LogP contribution < -0.4 is 10.1 Å². The van der Waals surface area contributed by atoms with E-state index < -0.39 is 0 Å². The number of fused-ring (bicyclic) bond motifs is 1. The summed E-state index contributed by atoms with van der Waals surface area (Å²) in [5, 5.41) is 3.20. The number of nitrogens with one attached hydrogen (secondary N) is 1. The van der Waals surface area contributed by atoms with E-state index in [4.69, 9.17) is 20.8 Å². The predicted molar refractivity (Wildman–Crippen MR) is 119 cm³/mol. The SMILES string of the molecule is CC(C)c1ccc2oc(-c3ccc(Cl)c(NC(=O)COc4ccccc4)c3)nc2c1. The number of oxazole rings is 1. The number of nitrogens with zero attached hydrogens (tertiary/aromatic N) is 1. The van der Waals surface area contributed by atoms with Gasteiger partial charge in [0, 0.05) is 5.56 Å². The largest absolute Gasteiger partial charge is 0.484 e. The van der Waals surface area contributed by atoms with Gasteiger partial charge in [-0.05, 0) is 53.9 Å². The number of rotatable bonds is 6. The Labute approximate surface area is 179 Å². The van der Waals surface area contributed by atoms with Gasteiger partial charge in [-0.1, -0.05) is 49.7 Å². The van der Waals surface area contributed by atoms with Crippen LogP contribution in [-0.4, -0.2) is 17.5 Å². The molecule has 5 nitrogen and oxygen atoms in total. The van der Waals surface area contributed by atoms with E-state index in [0.717, 1.165) is 11.1 Å². The Morgan fingerprint density at radius 3 is 2.67 bits per heavy atom. The number of para-hydroxylation sites is 1. The van der Waals surface area contributed by atoms with Crippen LogP contribution in [0.4, 0.5) is 5.69 Å². The summed E-state index contributed by atoms with van der Waals surface area (Å²) < 4.78 is 11.4. The molecule has 0 saturated carbocycles. The Bertz CT molecular complexity index is 1190. The van der Waals surface area contributed by atoms with Crippen LogP contribution in [0.3, 0.4) is 0 Å². The van der Waals surface area contributed by atoms with E-state index >= 15 is 0 Å². The summed E-state index contributed by atoms with van der Waals surface area (Å²) in [6.45, 7) is 4.15. The average Bonchev–Trinajstić information content (AvgIpc) is 3.18. The first-order chi connectivity index (χ1) is 14.5. The number of hydrogen-bond donors (Lipinski definition) is 1. The van der Waals surface area contributed by atoms with Crippen LogP contribution in [0.5, 0.6) is 5.75 Å². The Morgan fingerprint density at radius 2 is 1.90 bits per heavy atom. The minimum absolute atomic E-state index is 0.120. The quantitative estimate of drug-likeness (QED) is 0.398. The highest BCUT2D eigenvalue weighted by Gasteiger charge is 2.13. The van der Waals surface area contributed by atoms with Gasteiger partial charge in [0.25, 0.3) is 5.91 Å². The van der Waals surface area contributed by atoms with Crippen LogP contribution in [0, 0.1) is 0 Å². The van der Waals surface area contributed by atoms with Gasteiger partial charge in [0.2, 0.25) is 5.89 Å². The van der Waals surface area contributed by atoms with Crippen LogP contribution >= 0.6 is 11.6 Å². The number of ether oxygens (including phenoxy) is 1. The van der Waals surface area contributed by atoms with E-state index in [0.29, 0.717) is 33.9 Å².